The quantitative estimate of drug-likeness (QED) is 0.773. The van der Waals surface area contributed by atoms with Gasteiger partial charge in [0, 0.05) is 12.4 Å². The van der Waals surface area contributed by atoms with Gasteiger partial charge in [-0.2, -0.15) is 0 Å². The van der Waals surface area contributed by atoms with Crippen molar-refractivity contribution in [1.82, 2.24) is 9.97 Å². The molecule has 0 aliphatic carbocycles. The topological polar surface area (TPSA) is 25.8 Å². The standard InChI is InChI=1S/C20H28N2/c1-18(2,3)15-20(19(4,5)6,16-11-7-9-13-21-16)17-12-8-10-14-22-17/h7-14H,15H2,1-6H3. The Kier molecular flexibility index (Phi) is 4.42. The molecule has 0 radical (unpaired) electrons. The van der Waals surface area contributed by atoms with Crippen LogP contribution in [0.2, 0.25) is 0 Å². The molecule has 0 aliphatic heterocycles. The molecule has 0 unspecified atom stereocenters. The molecule has 118 valence electrons. The van der Waals surface area contributed by atoms with Crippen LogP contribution in [0.5, 0.6) is 0 Å². The van der Waals surface area contributed by atoms with Gasteiger partial charge in [0.2, 0.25) is 0 Å². The van der Waals surface area contributed by atoms with Gasteiger partial charge in [-0.15, -0.1) is 0 Å². The van der Waals surface area contributed by atoms with Gasteiger partial charge in [-0.1, -0.05) is 53.7 Å². The number of rotatable bonds is 3. The summed E-state index contributed by atoms with van der Waals surface area (Å²) in [6.07, 6.45) is 4.78. The average Bonchev–Trinajstić information content (AvgIpc) is 2.44. The van der Waals surface area contributed by atoms with Gasteiger partial charge in [-0.25, -0.2) is 0 Å². The fraction of sp³-hybridized carbons (Fsp3) is 0.500. The average molecular weight is 296 g/mol. The van der Waals surface area contributed by atoms with E-state index in [0.717, 1.165) is 17.8 Å². The number of nitrogens with zero attached hydrogens (tertiary/aromatic N) is 2. The molecule has 0 fully saturated rings. The van der Waals surface area contributed by atoms with E-state index in [-0.39, 0.29) is 16.2 Å². The van der Waals surface area contributed by atoms with Crippen molar-refractivity contribution in [2.75, 3.05) is 0 Å². The summed E-state index contributed by atoms with van der Waals surface area (Å²) in [5.41, 5.74) is 2.17. The monoisotopic (exact) mass is 296 g/mol. The fourth-order valence-corrected chi connectivity index (χ4v) is 3.37. The first-order valence-corrected chi connectivity index (χ1v) is 8.00. The zero-order valence-electron chi connectivity index (χ0n) is 14.7. The van der Waals surface area contributed by atoms with E-state index in [1.807, 2.05) is 24.5 Å². The van der Waals surface area contributed by atoms with Crippen LogP contribution < -0.4 is 0 Å². The second-order valence-electron chi connectivity index (χ2n) is 8.32. The lowest BCUT2D eigenvalue weighted by molar-refractivity contribution is 0.146. The molecule has 0 aromatic carbocycles. The first-order valence-electron chi connectivity index (χ1n) is 8.00. The van der Waals surface area contributed by atoms with Crippen LogP contribution in [0, 0.1) is 10.8 Å². The van der Waals surface area contributed by atoms with Crippen LogP contribution in [0.1, 0.15) is 59.4 Å². The Bertz CT molecular complexity index is 550. The van der Waals surface area contributed by atoms with Crippen molar-refractivity contribution in [2.24, 2.45) is 10.8 Å². The van der Waals surface area contributed by atoms with E-state index < -0.39 is 0 Å². The van der Waals surface area contributed by atoms with Crippen molar-refractivity contribution in [1.29, 1.82) is 0 Å². The van der Waals surface area contributed by atoms with Crippen molar-refractivity contribution >= 4 is 0 Å². The molecule has 0 amide bonds. The van der Waals surface area contributed by atoms with Gasteiger partial charge in [-0.05, 0) is 41.5 Å². The summed E-state index contributed by atoms with van der Waals surface area (Å²) in [5, 5.41) is 0. The first-order chi connectivity index (χ1) is 10.2. The molecule has 2 rings (SSSR count). The third-order valence-electron chi connectivity index (χ3n) is 4.28. The highest BCUT2D eigenvalue weighted by Crippen LogP contribution is 2.51. The molecular formula is C20H28N2. The van der Waals surface area contributed by atoms with Crippen molar-refractivity contribution < 1.29 is 0 Å². The van der Waals surface area contributed by atoms with E-state index in [9.17, 15) is 0 Å². The summed E-state index contributed by atoms with van der Waals surface area (Å²) in [6, 6.07) is 12.4. The SMILES string of the molecule is CC(C)(C)CC(c1ccccn1)(c1ccccn1)C(C)(C)C. The molecule has 0 N–H and O–H groups in total. The normalized spacial score (nSPS) is 13.2. The van der Waals surface area contributed by atoms with Crippen LogP contribution in [0.3, 0.4) is 0 Å². The maximum absolute atomic E-state index is 4.74. The zero-order chi connectivity index (χ0) is 16.4. The summed E-state index contributed by atoms with van der Waals surface area (Å²) < 4.78 is 0. The summed E-state index contributed by atoms with van der Waals surface area (Å²) in [4.78, 5) is 9.48. The second kappa shape index (κ2) is 5.83. The molecule has 0 saturated heterocycles. The molecule has 2 aromatic heterocycles. The molecule has 2 nitrogen and oxygen atoms in total. The van der Waals surface area contributed by atoms with Crippen LogP contribution in [0.25, 0.3) is 0 Å². The minimum atomic E-state index is -0.215. The third-order valence-corrected chi connectivity index (χ3v) is 4.28. The largest absolute Gasteiger partial charge is 0.260 e. The van der Waals surface area contributed by atoms with E-state index in [4.69, 9.17) is 9.97 Å². The lowest BCUT2D eigenvalue weighted by Crippen LogP contribution is -2.45. The number of aromatic nitrogens is 2. The molecule has 0 saturated carbocycles. The summed E-state index contributed by atoms with van der Waals surface area (Å²) >= 11 is 0. The van der Waals surface area contributed by atoms with Gasteiger partial charge in [-0.3, -0.25) is 9.97 Å². The van der Waals surface area contributed by atoms with Gasteiger partial charge in [0.25, 0.3) is 0 Å². The van der Waals surface area contributed by atoms with Crippen LogP contribution in [-0.4, -0.2) is 9.97 Å². The Morgan fingerprint density at radius 2 is 1.18 bits per heavy atom. The molecular weight excluding hydrogens is 268 g/mol. The maximum Gasteiger partial charge on any atom is 0.0600 e. The van der Waals surface area contributed by atoms with E-state index in [1.165, 1.54) is 0 Å². The van der Waals surface area contributed by atoms with E-state index in [0.29, 0.717) is 0 Å². The smallest absolute Gasteiger partial charge is 0.0600 e. The number of pyridine rings is 2. The Morgan fingerprint density at radius 1 is 0.727 bits per heavy atom. The van der Waals surface area contributed by atoms with Crippen molar-refractivity contribution in [3.8, 4) is 0 Å². The van der Waals surface area contributed by atoms with Crippen LogP contribution in [0.15, 0.2) is 48.8 Å². The number of hydrogen-bond acceptors (Lipinski definition) is 2. The maximum atomic E-state index is 4.74. The lowest BCUT2D eigenvalue weighted by Gasteiger charge is -2.47. The first kappa shape index (κ1) is 16.7. The van der Waals surface area contributed by atoms with E-state index in [2.05, 4.69) is 65.8 Å². The molecule has 2 heterocycles. The van der Waals surface area contributed by atoms with Gasteiger partial charge in [0.1, 0.15) is 0 Å². The lowest BCUT2D eigenvalue weighted by atomic mass is 9.56. The Hall–Kier alpha value is -1.70. The molecule has 0 aliphatic rings. The molecule has 0 bridgehead atoms. The highest BCUT2D eigenvalue weighted by atomic mass is 14.8. The Morgan fingerprint density at radius 3 is 1.45 bits per heavy atom. The molecule has 0 atom stereocenters. The van der Waals surface area contributed by atoms with Crippen LogP contribution in [0.4, 0.5) is 0 Å². The Labute approximate surface area is 135 Å². The minimum absolute atomic E-state index is 0.00296. The van der Waals surface area contributed by atoms with Gasteiger partial charge in [0.15, 0.2) is 0 Å². The predicted molar refractivity (Wildman–Crippen MR) is 92.8 cm³/mol. The van der Waals surface area contributed by atoms with Crippen molar-refractivity contribution in [3.05, 3.63) is 60.2 Å². The van der Waals surface area contributed by atoms with Crippen LogP contribution in [-0.2, 0) is 5.41 Å². The molecule has 2 heteroatoms. The second-order valence-corrected chi connectivity index (χ2v) is 8.32. The van der Waals surface area contributed by atoms with Crippen molar-refractivity contribution in [3.63, 3.8) is 0 Å². The van der Waals surface area contributed by atoms with Gasteiger partial charge >= 0.3 is 0 Å². The predicted octanol–water partition coefficient (Wildman–Crippen LogP) is 5.25. The molecule has 0 spiro atoms. The van der Waals surface area contributed by atoms with Gasteiger partial charge < -0.3 is 0 Å². The minimum Gasteiger partial charge on any atom is -0.260 e. The zero-order valence-corrected chi connectivity index (χ0v) is 14.7. The number of hydrogen-bond donors (Lipinski definition) is 0. The summed E-state index contributed by atoms with van der Waals surface area (Å²) in [6.45, 7) is 13.8. The fourth-order valence-electron chi connectivity index (χ4n) is 3.37. The van der Waals surface area contributed by atoms with E-state index in [1.54, 1.807) is 0 Å². The third kappa shape index (κ3) is 3.21. The molecule has 2 aromatic rings. The highest BCUT2D eigenvalue weighted by molar-refractivity contribution is 5.35. The highest BCUT2D eigenvalue weighted by Gasteiger charge is 2.49. The van der Waals surface area contributed by atoms with Gasteiger partial charge in [0.05, 0.1) is 16.8 Å². The van der Waals surface area contributed by atoms with Crippen LogP contribution >= 0.6 is 0 Å². The van der Waals surface area contributed by atoms with Crippen molar-refractivity contribution in [2.45, 2.75) is 53.4 Å². The summed E-state index contributed by atoms with van der Waals surface area (Å²) in [5.74, 6) is 0. The van der Waals surface area contributed by atoms with E-state index >= 15 is 0 Å². The molecule has 22 heavy (non-hydrogen) atoms. The Balaban J connectivity index is 2.76. The summed E-state index contributed by atoms with van der Waals surface area (Å²) in [7, 11) is 0.